The van der Waals surface area contributed by atoms with E-state index in [2.05, 4.69) is 0 Å². The lowest BCUT2D eigenvalue weighted by Crippen LogP contribution is -2.43. The molecule has 0 heterocycles. The maximum atomic E-state index is 12.2. The van der Waals surface area contributed by atoms with Crippen LogP contribution in [0.1, 0.15) is 29.8 Å². The minimum absolute atomic E-state index is 0.0891. The molecule has 0 radical (unpaired) electrons. The van der Waals surface area contributed by atoms with Crippen molar-refractivity contribution in [2.24, 2.45) is 0 Å². The van der Waals surface area contributed by atoms with Gasteiger partial charge in [0.1, 0.15) is 6.04 Å². The second kappa shape index (κ2) is 9.30. The zero-order valence-corrected chi connectivity index (χ0v) is 17.2. The van der Waals surface area contributed by atoms with Gasteiger partial charge in [0.05, 0.1) is 12.2 Å². The van der Waals surface area contributed by atoms with Gasteiger partial charge in [0.15, 0.2) is 0 Å². The van der Waals surface area contributed by atoms with Gasteiger partial charge >= 0.3 is 18.0 Å². The Morgan fingerprint density at radius 3 is 2.32 bits per heavy atom. The molecule has 0 spiro atoms. The van der Waals surface area contributed by atoms with Crippen molar-refractivity contribution >= 4 is 28.8 Å². The molecule has 7 heteroatoms. The smallest absolute Gasteiger partial charge is 0.410 e. The Hall–Kier alpha value is -3.87. The summed E-state index contributed by atoms with van der Waals surface area (Å²) in [6, 6.07) is 17.0. The van der Waals surface area contributed by atoms with Crippen molar-refractivity contribution in [2.45, 2.75) is 26.4 Å². The van der Waals surface area contributed by atoms with E-state index in [4.69, 9.17) is 4.74 Å². The fourth-order valence-electron chi connectivity index (χ4n) is 3.38. The Balaban J connectivity index is 1.93. The molecule has 0 saturated heterocycles. The maximum Gasteiger partial charge on any atom is 0.410 e. The number of carboxylic acid groups (broad SMARTS) is 2. The molecule has 0 aliphatic carbocycles. The quantitative estimate of drug-likeness (QED) is 0.576. The Labute approximate surface area is 179 Å². The molecule has 3 aromatic carbocycles. The fourth-order valence-corrected chi connectivity index (χ4v) is 3.38. The van der Waals surface area contributed by atoms with Crippen molar-refractivity contribution in [3.63, 3.8) is 0 Å². The van der Waals surface area contributed by atoms with Crippen LogP contribution >= 0.6 is 0 Å². The number of rotatable bonds is 7. The van der Waals surface area contributed by atoms with Crippen LogP contribution in [0.4, 0.5) is 4.79 Å². The van der Waals surface area contributed by atoms with E-state index in [0.717, 1.165) is 21.9 Å². The van der Waals surface area contributed by atoms with Crippen molar-refractivity contribution in [3.05, 3.63) is 71.8 Å². The first-order valence-corrected chi connectivity index (χ1v) is 9.83. The lowest BCUT2D eigenvalue weighted by Gasteiger charge is -2.25. The topological polar surface area (TPSA) is 104 Å². The summed E-state index contributed by atoms with van der Waals surface area (Å²) in [7, 11) is 0. The van der Waals surface area contributed by atoms with Gasteiger partial charge in [-0.3, -0.25) is 4.90 Å². The number of carboxylic acids is 2. The second-order valence-corrected chi connectivity index (χ2v) is 7.09. The number of aromatic carboxylic acids is 1. The molecule has 31 heavy (non-hydrogen) atoms. The first-order valence-electron chi connectivity index (χ1n) is 9.83. The van der Waals surface area contributed by atoms with E-state index in [9.17, 15) is 24.6 Å². The van der Waals surface area contributed by atoms with Crippen LogP contribution in [0.15, 0.2) is 60.7 Å². The highest BCUT2D eigenvalue weighted by Gasteiger charge is 2.26. The van der Waals surface area contributed by atoms with Gasteiger partial charge in [0.2, 0.25) is 0 Å². The normalized spacial score (nSPS) is 11.7. The Bertz CT molecular complexity index is 1140. The average molecular weight is 421 g/mol. The third-order valence-corrected chi connectivity index (χ3v) is 5.05. The largest absolute Gasteiger partial charge is 0.480 e. The van der Waals surface area contributed by atoms with Gasteiger partial charge < -0.3 is 14.9 Å². The van der Waals surface area contributed by atoms with E-state index in [1.165, 1.54) is 11.8 Å². The number of benzene rings is 3. The van der Waals surface area contributed by atoms with Crippen molar-refractivity contribution < 1.29 is 29.3 Å². The highest BCUT2D eigenvalue weighted by atomic mass is 16.6. The highest BCUT2D eigenvalue weighted by Crippen LogP contribution is 2.28. The molecule has 7 nitrogen and oxygen atoms in total. The molecule has 0 aliphatic heterocycles. The molecule has 0 aromatic heterocycles. The molecule has 160 valence electrons. The van der Waals surface area contributed by atoms with Crippen LogP contribution < -0.4 is 0 Å². The predicted molar refractivity (Wildman–Crippen MR) is 116 cm³/mol. The Kier molecular flexibility index (Phi) is 6.55. The van der Waals surface area contributed by atoms with Crippen molar-refractivity contribution in [1.29, 1.82) is 0 Å². The maximum absolute atomic E-state index is 12.2. The number of ether oxygens (including phenoxy) is 1. The first kappa shape index (κ1) is 21.8. The molecule has 0 bridgehead atoms. The van der Waals surface area contributed by atoms with Gasteiger partial charge in [0, 0.05) is 6.54 Å². The summed E-state index contributed by atoms with van der Waals surface area (Å²) in [4.78, 5) is 36.3. The minimum atomic E-state index is -1.12. The van der Waals surface area contributed by atoms with Crippen LogP contribution in [0.2, 0.25) is 0 Å². The molecular formula is C24H23NO6. The summed E-state index contributed by atoms with van der Waals surface area (Å²) < 4.78 is 5.01. The summed E-state index contributed by atoms with van der Waals surface area (Å²) in [6.07, 6.45) is -0.682. The average Bonchev–Trinajstić information content (AvgIpc) is 2.76. The van der Waals surface area contributed by atoms with Gasteiger partial charge in [-0.1, -0.05) is 42.5 Å². The van der Waals surface area contributed by atoms with E-state index in [1.807, 2.05) is 36.4 Å². The van der Waals surface area contributed by atoms with Gasteiger partial charge in [-0.05, 0) is 59.5 Å². The molecule has 0 aliphatic rings. The summed E-state index contributed by atoms with van der Waals surface area (Å²) in [5.41, 5.74) is 2.40. The standard InChI is InChI=1S/C24H23NO6/c1-3-31-24(30)25(15(2)22(26)27)14-16-8-9-18-13-19(11-10-17(18)12-16)20-6-4-5-7-21(20)23(28)29/h4-13,15H,3,14H2,1-2H3,(H,26,27)(H,28,29)/t15-/m0/s1. The van der Waals surface area contributed by atoms with Crippen molar-refractivity contribution in [3.8, 4) is 11.1 Å². The lowest BCUT2D eigenvalue weighted by molar-refractivity contribution is -0.142. The molecule has 1 atom stereocenters. The van der Waals surface area contributed by atoms with Crippen LogP contribution in [0.25, 0.3) is 21.9 Å². The highest BCUT2D eigenvalue weighted by molar-refractivity contribution is 5.98. The number of hydrogen-bond acceptors (Lipinski definition) is 4. The Morgan fingerprint density at radius 2 is 1.65 bits per heavy atom. The molecule has 3 rings (SSSR count). The van der Waals surface area contributed by atoms with Gasteiger partial charge in [0.25, 0.3) is 0 Å². The molecule has 0 saturated carbocycles. The number of carbonyl (C=O) groups is 3. The van der Waals surface area contributed by atoms with E-state index >= 15 is 0 Å². The van der Waals surface area contributed by atoms with Crippen LogP contribution in [-0.4, -0.2) is 45.8 Å². The Morgan fingerprint density at radius 1 is 0.968 bits per heavy atom. The predicted octanol–water partition coefficient (Wildman–Crippen LogP) is 4.64. The third-order valence-electron chi connectivity index (χ3n) is 5.05. The molecule has 3 aromatic rings. The first-order chi connectivity index (χ1) is 14.8. The van der Waals surface area contributed by atoms with E-state index in [-0.39, 0.29) is 18.7 Å². The van der Waals surface area contributed by atoms with Gasteiger partial charge in [-0.15, -0.1) is 0 Å². The second-order valence-electron chi connectivity index (χ2n) is 7.09. The van der Waals surface area contributed by atoms with E-state index in [0.29, 0.717) is 5.56 Å². The summed E-state index contributed by atoms with van der Waals surface area (Å²) >= 11 is 0. The SMILES string of the molecule is CCOC(=O)N(Cc1ccc2cc(-c3ccccc3C(=O)O)ccc2c1)[C@@H](C)C(=O)O. The number of amides is 1. The number of nitrogens with zero attached hydrogens (tertiary/aromatic N) is 1. The van der Waals surface area contributed by atoms with Crippen LogP contribution in [-0.2, 0) is 16.1 Å². The number of aliphatic carboxylic acids is 1. The van der Waals surface area contributed by atoms with Crippen molar-refractivity contribution in [2.75, 3.05) is 6.61 Å². The number of hydrogen-bond donors (Lipinski definition) is 2. The fraction of sp³-hybridized carbons (Fsp3) is 0.208. The number of carbonyl (C=O) groups excluding carboxylic acids is 1. The van der Waals surface area contributed by atoms with E-state index < -0.39 is 24.1 Å². The third kappa shape index (κ3) is 4.83. The van der Waals surface area contributed by atoms with E-state index in [1.54, 1.807) is 31.2 Å². The molecule has 1 amide bonds. The van der Waals surface area contributed by atoms with Crippen LogP contribution in [0.5, 0.6) is 0 Å². The van der Waals surface area contributed by atoms with Crippen LogP contribution in [0, 0.1) is 0 Å². The molecule has 2 N–H and O–H groups in total. The monoisotopic (exact) mass is 421 g/mol. The zero-order chi connectivity index (χ0) is 22.5. The lowest BCUT2D eigenvalue weighted by atomic mass is 9.96. The zero-order valence-electron chi connectivity index (χ0n) is 17.2. The molecule has 0 fully saturated rings. The van der Waals surface area contributed by atoms with Crippen LogP contribution in [0.3, 0.4) is 0 Å². The van der Waals surface area contributed by atoms with Gasteiger partial charge in [-0.25, -0.2) is 14.4 Å². The number of fused-ring (bicyclic) bond motifs is 1. The van der Waals surface area contributed by atoms with Crippen molar-refractivity contribution in [1.82, 2.24) is 4.90 Å². The summed E-state index contributed by atoms with van der Waals surface area (Å²) in [5, 5.41) is 20.6. The van der Waals surface area contributed by atoms with Gasteiger partial charge in [-0.2, -0.15) is 0 Å². The summed E-state index contributed by atoms with van der Waals surface area (Å²) in [6.45, 7) is 3.34. The molecule has 0 unspecified atom stereocenters. The molecular weight excluding hydrogens is 398 g/mol. The summed E-state index contributed by atoms with van der Waals surface area (Å²) in [5.74, 6) is -2.10. The minimum Gasteiger partial charge on any atom is -0.480 e.